The molecule has 1 atom stereocenters. The number of carbonyl (C=O) groups excluding carboxylic acids is 1. The number of rotatable bonds is 6. The number of nitrogens with zero attached hydrogens (tertiary/aromatic N) is 1. The molecule has 29 heavy (non-hydrogen) atoms. The van der Waals surface area contributed by atoms with Crippen LogP contribution in [-0.2, 0) is 4.79 Å². The van der Waals surface area contributed by atoms with Crippen molar-refractivity contribution in [3.8, 4) is 11.3 Å². The van der Waals surface area contributed by atoms with Crippen LogP contribution in [0.25, 0.3) is 22.2 Å². The summed E-state index contributed by atoms with van der Waals surface area (Å²) in [7, 11) is 0. The van der Waals surface area contributed by atoms with E-state index in [1.807, 2.05) is 60.8 Å². The average molecular weight is 423 g/mol. The summed E-state index contributed by atoms with van der Waals surface area (Å²) in [5.74, 6) is 0.199. The molecule has 2 aromatic carbocycles. The SMILES string of the molecule is CC(NC(=O)CSc1nc(-c2cc3ccccc3oc2=O)cs1)c1ccccc1. The number of nitrogens with one attached hydrogen (secondary N) is 1. The molecule has 4 aromatic rings. The lowest BCUT2D eigenvalue weighted by molar-refractivity contribution is -0.119. The molecule has 7 heteroatoms. The number of carbonyl (C=O) groups is 1. The molecule has 1 amide bonds. The Balaban J connectivity index is 1.41. The van der Waals surface area contributed by atoms with E-state index in [2.05, 4.69) is 10.3 Å². The number of benzene rings is 2. The summed E-state index contributed by atoms with van der Waals surface area (Å²) in [6.07, 6.45) is 0. The molecule has 1 N–H and O–H groups in total. The quantitative estimate of drug-likeness (QED) is 0.354. The van der Waals surface area contributed by atoms with Gasteiger partial charge in [-0.3, -0.25) is 4.79 Å². The maximum atomic E-state index is 12.3. The fourth-order valence-electron chi connectivity index (χ4n) is 2.92. The number of hydrogen-bond donors (Lipinski definition) is 1. The van der Waals surface area contributed by atoms with Crippen LogP contribution in [0, 0.1) is 0 Å². The normalized spacial score (nSPS) is 12.0. The Morgan fingerprint density at radius 1 is 1.17 bits per heavy atom. The molecule has 146 valence electrons. The molecule has 1 unspecified atom stereocenters. The van der Waals surface area contributed by atoms with Gasteiger partial charge in [-0.1, -0.05) is 60.3 Å². The lowest BCUT2D eigenvalue weighted by Gasteiger charge is -2.13. The summed E-state index contributed by atoms with van der Waals surface area (Å²) in [6.45, 7) is 1.96. The Morgan fingerprint density at radius 3 is 2.76 bits per heavy atom. The highest BCUT2D eigenvalue weighted by atomic mass is 32.2. The summed E-state index contributed by atoms with van der Waals surface area (Å²) in [4.78, 5) is 29.0. The fraction of sp³-hybridized carbons (Fsp3) is 0.136. The Hall–Kier alpha value is -2.90. The van der Waals surface area contributed by atoms with Crippen LogP contribution in [0.1, 0.15) is 18.5 Å². The van der Waals surface area contributed by atoms with Crippen molar-refractivity contribution in [2.75, 3.05) is 5.75 Å². The summed E-state index contributed by atoms with van der Waals surface area (Å²) in [6, 6.07) is 18.9. The van der Waals surface area contributed by atoms with Gasteiger partial charge >= 0.3 is 5.63 Å². The maximum Gasteiger partial charge on any atom is 0.345 e. The molecule has 0 bridgehead atoms. The van der Waals surface area contributed by atoms with Gasteiger partial charge in [0.1, 0.15) is 5.58 Å². The predicted octanol–water partition coefficient (Wildman–Crippen LogP) is 4.89. The van der Waals surface area contributed by atoms with Crippen LogP contribution >= 0.6 is 23.1 Å². The van der Waals surface area contributed by atoms with Gasteiger partial charge in [0.15, 0.2) is 4.34 Å². The Kier molecular flexibility index (Phi) is 5.78. The van der Waals surface area contributed by atoms with Gasteiger partial charge in [0.05, 0.1) is 23.1 Å². The first-order valence-electron chi connectivity index (χ1n) is 9.06. The van der Waals surface area contributed by atoms with E-state index < -0.39 is 5.63 Å². The predicted molar refractivity (Wildman–Crippen MR) is 117 cm³/mol. The molecular weight excluding hydrogens is 404 g/mol. The number of thioether (sulfide) groups is 1. The lowest BCUT2D eigenvalue weighted by atomic mass is 10.1. The first-order valence-corrected chi connectivity index (χ1v) is 10.9. The molecule has 5 nitrogen and oxygen atoms in total. The minimum absolute atomic E-state index is 0.0570. The van der Waals surface area contributed by atoms with Crippen molar-refractivity contribution < 1.29 is 9.21 Å². The second kappa shape index (κ2) is 8.63. The van der Waals surface area contributed by atoms with Crippen LogP contribution in [0.5, 0.6) is 0 Å². The number of para-hydroxylation sites is 1. The largest absolute Gasteiger partial charge is 0.422 e. The number of thiazole rings is 1. The summed E-state index contributed by atoms with van der Waals surface area (Å²) in [5.41, 5.74) is 2.18. The molecule has 0 aliphatic carbocycles. The standard InChI is InChI=1S/C22H18N2O3S2/c1-14(15-7-3-2-4-8-15)23-20(25)13-29-22-24-18(12-28-22)17-11-16-9-5-6-10-19(16)27-21(17)26/h2-12,14H,13H2,1H3,(H,23,25). The van der Waals surface area contributed by atoms with Gasteiger partial charge in [-0.05, 0) is 24.6 Å². The zero-order valence-corrected chi connectivity index (χ0v) is 17.3. The van der Waals surface area contributed by atoms with Crippen LogP contribution in [0.4, 0.5) is 0 Å². The Bertz CT molecular complexity index is 1200. The van der Waals surface area contributed by atoms with Gasteiger partial charge in [0.25, 0.3) is 0 Å². The van der Waals surface area contributed by atoms with Crippen LogP contribution in [0.15, 0.2) is 79.6 Å². The van der Waals surface area contributed by atoms with Crippen LogP contribution in [-0.4, -0.2) is 16.6 Å². The smallest absolute Gasteiger partial charge is 0.345 e. The Labute approximate surface area is 175 Å². The Morgan fingerprint density at radius 2 is 1.93 bits per heavy atom. The molecule has 0 radical (unpaired) electrons. The van der Waals surface area contributed by atoms with Crippen LogP contribution in [0.2, 0.25) is 0 Å². The topological polar surface area (TPSA) is 72.2 Å². The van der Waals surface area contributed by atoms with Crippen molar-refractivity contribution >= 4 is 40.0 Å². The lowest BCUT2D eigenvalue weighted by Crippen LogP contribution is -2.28. The number of hydrogen-bond acceptors (Lipinski definition) is 6. The zero-order chi connectivity index (χ0) is 20.2. The van der Waals surface area contributed by atoms with E-state index in [1.54, 1.807) is 12.1 Å². The van der Waals surface area contributed by atoms with E-state index >= 15 is 0 Å². The number of amides is 1. The summed E-state index contributed by atoms with van der Waals surface area (Å²) in [5, 5.41) is 5.65. The number of fused-ring (bicyclic) bond motifs is 1. The van der Waals surface area contributed by atoms with Crippen molar-refractivity contribution in [1.82, 2.24) is 10.3 Å². The van der Waals surface area contributed by atoms with Crippen molar-refractivity contribution in [2.45, 2.75) is 17.3 Å². The molecule has 0 saturated heterocycles. The van der Waals surface area contributed by atoms with Gasteiger partial charge in [-0.15, -0.1) is 11.3 Å². The zero-order valence-electron chi connectivity index (χ0n) is 15.6. The first-order chi connectivity index (χ1) is 14.1. The summed E-state index contributed by atoms with van der Waals surface area (Å²) >= 11 is 2.76. The first kappa shape index (κ1) is 19.4. The second-order valence-electron chi connectivity index (χ2n) is 6.47. The second-order valence-corrected chi connectivity index (χ2v) is 8.55. The minimum atomic E-state index is -0.417. The molecule has 0 aliphatic heterocycles. The van der Waals surface area contributed by atoms with Gasteiger partial charge in [-0.25, -0.2) is 9.78 Å². The summed E-state index contributed by atoms with van der Waals surface area (Å²) < 4.78 is 6.11. The van der Waals surface area contributed by atoms with Crippen molar-refractivity contribution in [2.24, 2.45) is 0 Å². The molecule has 0 fully saturated rings. The highest BCUT2D eigenvalue weighted by molar-refractivity contribution is 8.01. The van der Waals surface area contributed by atoms with E-state index in [4.69, 9.17) is 4.42 Å². The van der Waals surface area contributed by atoms with Gasteiger partial charge in [-0.2, -0.15) is 0 Å². The van der Waals surface area contributed by atoms with E-state index in [1.165, 1.54) is 23.1 Å². The van der Waals surface area contributed by atoms with Crippen molar-refractivity contribution in [3.05, 3.63) is 82.0 Å². The van der Waals surface area contributed by atoms with E-state index in [9.17, 15) is 9.59 Å². The number of aromatic nitrogens is 1. The van der Waals surface area contributed by atoms with Crippen molar-refractivity contribution in [3.63, 3.8) is 0 Å². The van der Waals surface area contributed by atoms with Crippen LogP contribution in [0.3, 0.4) is 0 Å². The highest BCUT2D eigenvalue weighted by Gasteiger charge is 2.14. The minimum Gasteiger partial charge on any atom is -0.422 e. The maximum absolute atomic E-state index is 12.3. The van der Waals surface area contributed by atoms with Gasteiger partial charge in [0, 0.05) is 10.8 Å². The molecule has 4 rings (SSSR count). The van der Waals surface area contributed by atoms with E-state index in [0.29, 0.717) is 16.8 Å². The average Bonchev–Trinajstić information content (AvgIpc) is 3.21. The molecule has 2 heterocycles. The van der Waals surface area contributed by atoms with E-state index in [0.717, 1.165) is 15.3 Å². The molecule has 0 spiro atoms. The van der Waals surface area contributed by atoms with Gasteiger partial charge in [0.2, 0.25) is 5.91 Å². The van der Waals surface area contributed by atoms with Gasteiger partial charge < -0.3 is 9.73 Å². The van der Waals surface area contributed by atoms with Crippen LogP contribution < -0.4 is 10.9 Å². The molecule has 0 aliphatic rings. The monoisotopic (exact) mass is 422 g/mol. The van der Waals surface area contributed by atoms with E-state index in [-0.39, 0.29) is 17.7 Å². The fourth-order valence-corrected chi connectivity index (χ4v) is 4.56. The molecule has 0 saturated carbocycles. The third-order valence-corrected chi connectivity index (χ3v) is 6.43. The third-order valence-electron chi connectivity index (χ3n) is 4.40. The third kappa shape index (κ3) is 4.58. The van der Waals surface area contributed by atoms with Crippen molar-refractivity contribution in [1.29, 1.82) is 0 Å². The molecule has 2 aromatic heterocycles. The molecular formula is C22H18N2O3S2. The highest BCUT2D eigenvalue weighted by Crippen LogP contribution is 2.28.